The fraction of sp³-hybridized carbons (Fsp3) is 0.310. The van der Waals surface area contributed by atoms with E-state index in [2.05, 4.69) is 11.9 Å². The van der Waals surface area contributed by atoms with Gasteiger partial charge in [-0.1, -0.05) is 47.5 Å². The van der Waals surface area contributed by atoms with Crippen LogP contribution in [0.3, 0.4) is 0 Å². The molecule has 1 fully saturated rings. The number of hydrogen-bond acceptors (Lipinski definition) is 5. The van der Waals surface area contributed by atoms with Crippen LogP contribution in [0.2, 0.25) is 10.0 Å². The van der Waals surface area contributed by atoms with Gasteiger partial charge in [-0.2, -0.15) is 0 Å². The van der Waals surface area contributed by atoms with E-state index in [0.717, 1.165) is 24.2 Å². The van der Waals surface area contributed by atoms with E-state index in [0.29, 0.717) is 46.0 Å². The monoisotopic (exact) mass is 552 g/mol. The minimum Gasteiger partial charge on any atom is -0.497 e. The number of methoxy groups -OCH3 is 2. The molecule has 7 nitrogen and oxygen atoms in total. The highest BCUT2D eigenvalue weighted by molar-refractivity contribution is 6.30. The quantitative estimate of drug-likeness (QED) is 0.394. The van der Waals surface area contributed by atoms with Crippen LogP contribution in [-0.4, -0.2) is 74.0 Å². The lowest BCUT2D eigenvalue weighted by atomic mass is 9.93. The van der Waals surface area contributed by atoms with Gasteiger partial charge in [-0.25, -0.2) is 4.79 Å². The highest BCUT2D eigenvalue weighted by Gasteiger charge is 2.44. The van der Waals surface area contributed by atoms with Gasteiger partial charge in [0, 0.05) is 42.3 Å². The van der Waals surface area contributed by atoms with E-state index < -0.39 is 6.04 Å². The molecule has 2 amide bonds. The number of halogens is 2. The largest absolute Gasteiger partial charge is 0.497 e. The summed E-state index contributed by atoms with van der Waals surface area (Å²) in [4.78, 5) is 25.5. The van der Waals surface area contributed by atoms with Gasteiger partial charge in [0.25, 0.3) is 0 Å². The van der Waals surface area contributed by atoms with Gasteiger partial charge in [0.15, 0.2) is 0 Å². The number of carbonyl (C=O) groups excluding carboxylic acids is 1. The number of rotatable bonds is 5. The number of likely N-dealkylation sites (N-methyl/N-ethyl adjacent to an activating group) is 1. The summed E-state index contributed by atoms with van der Waals surface area (Å²) in [5.74, 6) is 1.78. The van der Waals surface area contributed by atoms with E-state index >= 15 is 0 Å². The average Bonchev–Trinajstić information content (AvgIpc) is 3.33. The first-order valence-electron chi connectivity index (χ1n) is 12.5. The number of benzene rings is 3. The van der Waals surface area contributed by atoms with Crippen molar-refractivity contribution in [3.63, 3.8) is 0 Å². The maximum absolute atomic E-state index is 14.3. The van der Waals surface area contributed by atoms with Gasteiger partial charge in [-0.3, -0.25) is 9.89 Å². The Bertz CT molecular complexity index is 1320. The van der Waals surface area contributed by atoms with Crippen LogP contribution in [0.15, 0.2) is 71.7 Å². The molecule has 9 heteroatoms. The summed E-state index contributed by atoms with van der Waals surface area (Å²) in [6.45, 7) is 2.89. The first-order valence-corrected chi connectivity index (χ1v) is 13.2. The molecule has 3 aromatic carbocycles. The number of aliphatic imine (C=N–C) groups is 1. The summed E-state index contributed by atoms with van der Waals surface area (Å²) in [6.07, 6.45) is 0. The van der Waals surface area contributed by atoms with Crippen molar-refractivity contribution in [1.82, 2.24) is 14.7 Å². The second-order valence-electron chi connectivity index (χ2n) is 9.45. The van der Waals surface area contributed by atoms with Crippen LogP contribution in [0.5, 0.6) is 11.5 Å². The molecule has 0 N–H and O–H groups in total. The summed E-state index contributed by atoms with van der Waals surface area (Å²) in [6, 6.07) is 19.9. The zero-order chi connectivity index (χ0) is 26.8. The molecule has 0 aliphatic carbocycles. The van der Waals surface area contributed by atoms with Crippen molar-refractivity contribution < 1.29 is 14.3 Å². The summed E-state index contributed by atoms with van der Waals surface area (Å²) in [5, 5.41) is 1.27. The van der Waals surface area contributed by atoms with Crippen molar-refractivity contribution in [2.75, 3.05) is 47.4 Å². The second-order valence-corrected chi connectivity index (χ2v) is 10.3. The van der Waals surface area contributed by atoms with Crippen molar-refractivity contribution in [3.8, 4) is 11.5 Å². The Hall–Kier alpha value is -3.26. The Kier molecular flexibility index (Phi) is 7.79. The normalized spacial score (nSPS) is 19.9. The van der Waals surface area contributed by atoms with Gasteiger partial charge in [-0.05, 0) is 54.6 Å². The van der Waals surface area contributed by atoms with Gasteiger partial charge in [0.1, 0.15) is 23.4 Å². The average molecular weight is 553 g/mol. The molecule has 0 aromatic heterocycles. The van der Waals surface area contributed by atoms with Crippen LogP contribution in [0, 0.1) is 0 Å². The number of amides is 2. The topological polar surface area (TPSA) is 57.6 Å². The first kappa shape index (κ1) is 26.4. The predicted molar refractivity (Wildman–Crippen MR) is 151 cm³/mol. The molecule has 2 aliphatic rings. The van der Waals surface area contributed by atoms with Crippen LogP contribution in [0.25, 0.3) is 0 Å². The lowest BCUT2D eigenvalue weighted by molar-refractivity contribution is 0.130. The number of carbonyl (C=O) groups is 1. The molecule has 0 bridgehead atoms. The van der Waals surface area contributed by atoms with Crippen LogP contribution in [0.4, 0.5) is 4.79 Å². The highest BCUT2D eigenvalue weighted by atomic mass is 35.5. The Morgan fingerprint density at radius 1 is 0.842 bits per heavy atom. The maximum atomic E-state index is 14.3. The van der Waals surface area contributed by atoms with E-state index in [1.807, 2.05) is 76.5 Å². The van der Waals surface area contributed by atoms with Crippen molar-refractivity contribution in [2.24, 2.45) is 4.99 Å². The van der Waals surface area contributed by atoms with Gasteiger partial charge in [0.2, 0.25) is 0 Å². The molecule has 2 unspecified atom stereocenters. The lowest BCUT2D eigenvalue weighted by Crippen LogP contribution is -2.53. The van der Waals surface area contributed by atoms with E-state index in [9.17, 15) is 4.79 Å². The minimum absolute atomic E-state index is 0.0915. The zero-order valence-corrected chi connectivity index (χ0v) is 23.1. The predicted octanol–water partition coefficient (Wildman–Crippen LogP) is 5.92. The van der Waals surface area contributed by atoms with E-state index in [1.54, 1.807) is 14.2 Å². The minimum atomic E-state index is -0.401. The standard InChI is InChI=1S/C29H30Cl2N4O3/c1-33-14-16-34(17-15-33)29(36)35-27(20-6-10-22(31)11-7-20)26(19-4-8-21(30)9-5-19)32-28(35)24-13-12-23(37-2)18-25(24)38-3/h4-13,18,26-27H,14-17H2,1-3H3. The maximum Gasteiger partial charge on any atom is 0.326 e. The molecule has 3 aromatic rings. The molecule has 5 rings (SSSR count). The molecule has 0 saturated carbocycles. The molecule has 2 heterocycles. The summed E-state index contributed by atoms with van der Waals surface area (Å²) >= 11 is 12.5. The molecule has 0 spiro atoms. The summed E-state index contributed by atoms with van der Waals surface area (Å²) in [7, 11) is 5.28. The van der Waals surface area contributed by atoms with Gasteiger partial charge in [-0.15, -0.1) is 0 Å². The Morgan fingerprint density at radius 2 is 1.45 bits per heavy atom. The van der Waals surface area contributed by atoms with Crippen LogP contribution >= 0.6 is 23.2 Å². The highest BCUT2D eigenvalue weighted by Crippen LogP contribution is 2.45. The number of hydrogen-bond donors (Lipinski definition) is 0. The third kappa shape index (κ3) is 5.19. The second kappa shape index (κ2) is 11.2. The van der Waals surface area contributed by atoms with Gasteiger partial charge >= 0.3 is 6.03 Å². The smallest absolute Gasteiger partial charge is 0.326 e. The number of nitrogens with zero attached hydrogens (tertiary/aromatic N) is 4. The number of ether oxygens (including phenoxy) is 2. The van der Waals surface area contributed by atoms with Gasteiger partial charge < -0.3 is 19.3 Å². The third-order valence-corrected chi connectivity index (χ3v) is 7.62. The first-order chi connectivity index (χ1) is 18.4. The lowest BCUT2D eigenvalue weighted by Gasteiger charge is -2.38. The van der Waals surface area contributed by atoms with Crippen molar-refractivity contribution in [3.05, 3.63) is 93.5 Å². The Labute approximate surface area is 233 Å². The molecule has 2 aliphatic heterocycles. The summed E-state index contributed by atoms with van der Waals surface area (Å²) in [5.41, 5.74) is 2.60. The van der Waals surface area contributed by atoms with E-state index in [4.69, 9.17) is 37.7 Å². The van der Waals surface area contributed by atoms with E-state index in [-0.39, 0.29) is 12.1 Å². The molecule has 0 radical (unpaired) electrons. The molecule has 2 atom stereocenters. The van der Waals surface area contributed by atoms with Crippen LogP contribution in [-0.2, 0) is 0 Å². The van der Waals surface area contributed by atoms with Gasteiger partial charge in [0.05, 0.1) is 25.8 Å². The number of amidine groups is 1. The molecule has 38 heavy (non-hydrogen) atoms. The Morgan fingerprint density at radius 3 is 2.03 bits per heavy atom. The zero-order valence-electron chi connectivity index (χ0n) is 21.6. The van der Waals surface area contributed by atoms with Crippen molar-refractivity contribution in [2.45, 2.75) is 12.1 Å². The molecule has 1 saturated heterocycles. The molecule has 198 valence electrons. The van der Waals surface area contributed by atoms with Crippen molar-refractivity contribution in [1.29, 1.82) is 0 Å². The SMILES string of the molecule is COc1ccc(C2=NC(c3ccc(Cl)cc3)C(c3ccc(Cl)cc3)N2C(=O)N2CCN(C)CC2)c(OC)c1. The Balaban J connectivity index is 1.68. The number of urea groups is 1. The fourth-order valence-corrected chi connectivity index (χ4v) is 5.24. The van der Waals surface area contributed by atoms with Crippen LogP contribution < -0.4 is 9.47 Å². The van der Waals surface area contributed by atoms with E-state index in [1.165, 1.54) is 0 Å². The summed E-state index contributed by atoms with van der Waals surface area (Å²) < 4.78 is 11.2. The fourth-order valence-electron chi connectivity index (χ4n) is 4.99. The number of piperazine rings is 1. The van der Waals surface area contributed by atoms with Crippen LogP contribution in [0.1, 0.15) is 28.8 Å². The van der Waals surface area contributed by atoms with Crippen molar-refractivity contribution >= 4 is 35.1 Å². The molecular formula is C29H30Cl2N4O3. The molecular weight excluding hydrogens is 523 g/mol. The third-order valence-electron chi connectivity index (χ3n) is 7.12.